The van der Waals surface area contributed by atoms with Gasteiger partial charge in [0.2, 0.25) is 27.7 Å². The summed E-state index contributed by atoms with van der Waals surface area (Å²) < 4.78 is 105. The van der Waals surface area contributed by atoms with Gasteiger partial charge in [-0.3, -0.25) is 24.5 Å². The lowest BCUT2D eigenvalue weighted by Crippen LogP contribution is -2.60. The van der Waals surface area contributed by atoms with Crippen molar-refractivity contribution < 1.29 is 64.1 Å². The first-order chi connectivity index (χ1) is 31.9. The highest BCUT2D eigenvalue weighted by Crippen LogP contribution is 2.48. The third-order valence-corrected chi connectivity index (χ3v) is 15.4. The maximum Gasteiger partial charge on any atom is 0.425 e. The van der Waals surface area contributed by atoms with E-state index in [4.69, 9.17) is 19.2 Å². The number of nitrogens with zero attached hydrogens (tertiary/aromatic N) is 2. The molecular formula is C47H58F4N6O10S. The number of hydrogen-bond acceptors (Lipinski definition) is 12. The highest BCUT2D eigenvalue weighted by molar-refractivity contribution is 7.91. The first-order valence-corrected chi connectivity index (χ1v) is 24.2. The Morgan fingerprint density at radius 2 is 1.76 bits per heavy atom. The Kier molecular flexibility index (Phi) is 14.3. The minimum Gasteiger partial charge on any atom is -0.497 e. The van der Waals surface area contributed by atoms with Crippen LogP contribution in [0, 0.1) is 23.6 Å². The molecule has 68 heavy (non-hydrogen) atoms. The number of carbonyl (C=O) groups excluding carboxylic acids is 4. The van der Waals surface area contributed by atoms with Crippen LogP contribution in [0.5, 0.6) is 17.4 Å². The van der Waals surface area contributed by atoms with Crippen LogP contribution in [0.2, 0.25) is 0 Å². The van der Waals surface area contributed by atoms with E-state index in [0.29, 0.717) is 66.8 Å². The molecule has 0 bridgehead atoms. The number of carbonyl (C=O) groups is 4. The van der Waals surface area contributed by atoms with Crippen LogP contribution in [0.1, 0.15) is 86.5 Å². The molecule has 1 aromatic heterocycles. The van der Waals surface area contributed by atoms with Crippen molar-refractivity contribution in [3.8, 4) is 28.6 Å². The molecule has 2 aliphatic carbocycles. The van der Waals surface area contributed by atoms with Crippen LogP contribution in [0.4, 0.5) is 22.4 Å². The Labute approximate surface area is 392 Å². The Balaban J connectivity index is 1.25. The predicted molar refractivity (Wildman–Crippen MR) is 241 cm³/mol. The number of benzene rings is 2. The van der Waals surface area contributed by atoms with Crippen molar-refractivity contribution in [3.05, 3.63) is 60.4 Å². The van der Waals surface area contributed by atoms with Gasteiger partial charge in [-0.05, 0) is 126 Å². The molecule has 0 unspecified atom stereocenters. The van der Waals surface area contributed by atoms with Gasteiger partial charge >= 0.3 is 12.3 Å². The van der Waals surface area contributed by atoms with Crippen molar-refractivity contribution in [2.24, 2.45) is 17.8 Å². The second-order valence-electron chi connectivity index (χ2n) is 19.0. The Morgan fingerprint density at radius 3 is 2.43 bits per heavy atom. The van der Waals surface area contributed by atoms with Crippen molar-refractivity contribution in [2.75, 3.05) is 13.7 Å². The fraction of sp³-hybridized carbons (Fsp3) is 0.553. The molecular weight excluding hydrogens is 917 g/mol. The molecule has 16 nitrogen and oxygen atoms in total. The average molecular weight is 975 g/mol. The molecule has 3 fully saturated rings. The van der Waals surface area contributed by atoms with E-state index < -0.39 is 92.2 Å². The van der Waals surface area contributed by atoms with Gasteiger partial charge in [0.25, 0.3) is 5.91 Å². The minimum atomic E-state index is -4.86. The van der Waals surface area contributed by atoms with Gasteiger partial charge in [-0.25, -0.2) is 28.0 Å². The molecule has 3 aromatic rings. The van der Waals surface area contributed by atoms with Crippen molar-refractivity contribution in [3.63, 3.8) is 0 Å². The number of hydrazine groups is 1. The highest BCUT2D eigenvalue weighted by atomic mass is 32.2. The van der Waals surface area contributed by atoms with Crippen LogP contribution >= 0.6 is 0 Å². The van der Waals surface area contributed by atoms with E-state index in [1.165, 1.54) is 31.1 Å². The van der Waals surface area contributed by atoms with Gasteiger partial charge in [0.15, 0.2) is 17.7 Å². The number of aromatic nitrogens is 1. The summed E-state index contributed by atoms with van der Waals surface area (Å²) in [5.74, 6) is -3.68. The standard InChI is InChI=1S/C47H58F4N6O10S/c1-25(2)65-38-15-12-29(20-35(38)48)36-21-30-19-32(64-7)13-14-34(30)41(52-36)67-33-22-37-40(58)53-46(43(60)56-68(62,63)45(6)16-17-45)23-31(46)11-9-8-10-26(3)18-27(4)39(42(59)57(37)24-33)54-55-44(61)66-28(5)47(49,50)51/h9,11-15,19-21,25-28,31,33,37,39,54H,8,10,16-18,22-24H2,1-7H3,(H,53,58)(H,55,61)(H,56,60)/b11-9-/t26-,27+,28+,31+,33+,37-,39-,46+/m0/s1. The molecule has 0 radical (unpaired) electrons. The lowest BCUT2D eigenvalue weighted by molar-refractivity contribution is -0.197. The predicted octanol–water partition coefficient (Wildman–Crippen LogP) is 6.62. The molecule has 8 atom stereocenters. The summed E-state index contributed by atoms with van der Waals surface area (Å²) in [4.78, 5) is 62.5. The molecule has 21 heteroatoms. The fourth-order valence-corrected chi connectivity index (χ4v) is 10.0. The average Bonchev–Trinajstić information content (AvgIpc) is 4.15. The summed E-state index contributed by atoms with van der Waals surface area (Å²) >= 11 is 0. The molecule has 4 amide bonds. The third-order valence-electron chi connectivity index (χ3n) is 13.2. The number of sulfonamides is 1. The summed E-state index contributed by atoms with van der Waals surface area (Å²) in [6.45, 7) is 9.13. The highest BCUT2D eigenvalue weighted by Gasteiger charge is 2.63. The zero-order valence-corrected chi connectivity index (χ0v) is 39.7. The topological polar surface area (TPSA) is 204 Å². The number of fused-ring (bicyclic) bond motifs is 3. The SMILES string of the molecule is COc1ccc2c(O[C@@H]3C[C@H]4C(=O)N[C@]5(C(=O)NS(=O)(=O)C6(C)CC6)C[C@H]5/C=C\CC[C@H](C)C[C@@H](C)[C@H](NNC(=O)O[C@H](C)C(F)(F)F)C(=O)N4C3)nc(-c3ccc(OC(C)C)c(F)c3)cc2c1. The monoisotopic (exact) mass is 974 g/mol. The lowest BCUT2D eigenvalue weighted by Gasteiger charge is -2.33. The summed E-state index contributed by atoms with van der Waals surface area (Å²) in [5, 5.41) is 3.91. The van der Waals surface area contributed by atoms with Gasteiger partial charge in [0.05, 0.1) is 30.2 Å². The van der Waals surface area contributed by atoms with Gasteiger partial charge in [-0.2, -0.15) is 13.2 Å². The number of hydrogen-bond donors (Lipinski definition) is 4. The number of alkyl halides is 3. The molecule has 1 saturated heterocycles. The number of rotatable bonds is 12. The van der Waals surface area contributed by atoms with E-state index in [2.05, 4.69) is 25.6 Å². The number of halogens is 4. The van der Waals surface area contributed by atoms with Gasteiger partial charge < -0.3 is 29.2 Å². The number of allylic oxidation sites excluding steroid dienone is 1. The third kappa shape index (κ3) is 10.9. The number of nitrogens with one attached hydrogen (secondary N) is 4. The number of pyridine rings is 1. The number of amides is 4. The summed E-state index contributed by atoms with van der Waals surface area (Å²) in [5.41, 5.74) is 3.67. The second-order valence-corrected chi connectivity index (χ2v) is 21.2. The van der Waals surface area contributed by atoms with E-state index in [0.717, 1.165) is 0 Å². The van der Waals surface area contributed by atoms with Crippen LogP contribution in [-0.4, -0.2) is 103 Å². The molecule has 3 heterocycles. The van der Waals surface area contributed by atoms with Crippen LogP contribution in [0.15, 0.2) is 54.6 Å². The maximum atomic E-state index is 15.3. The van der Waals surface area contributed by atoms with Crippen molar-refractivity contribution in [1.82, 2.24) is 30.8 Å². The van der Waals surface area contributed by atoms with E-state index in [1.54, 1.807) is 57.2 Å². The molecule has 0 spiro atoms. The van der Waals surface area contributed by atoms with Gasteiger partial charge in [-0.1, -0.05) is 26.0 Å². The van der Waals surface area contributed by atoms with E-state index in [9.17, 15) is 40.8 Å². The molecule has 2 saturated carbocycles. The van der Waals surface area contributed by atoms with Crippen LogP contribution in [-0.2, 0) is 29.1 Å². The summed E-state index contributed by atoms with van der Waals surface area (Å²) in [6.07, 6.45) is -4.30. The van der Waals surface area contributed by atoms with Crippen molar-refractivity contribution in [1.29, 1.82) is 0 Å². The van der Waals surface area contributed by atoms with E-state index in [1.807, 2.05) is 13.0 Å². The van der Waals surface area contributed by atoms with Gasteiger partial charge in [0, 0.05) is 23.3 Å². The van der Waals surface area contributed by atoms with E-state index >= 15 is 4.39 Å². The summed E-state index contributed by atoms with van der Waals surface area (Å²) in [7, 11) is -2.63. The van der Waals surface area contributed by atoms with Crippen LogP contribution < -0.4 is 35.1 Å². The molecule has 2 aliphatic heterocycles. The largest absolute Gasteiger partial charge is 0.497 e. The zero-order valence-electron chi connectivity index (χ0n) is 38.9. The van der Waals surface area contributed by atoms with Gasteiger partial charge in [0.1, 0.15) is 29.5 Å². The van der Waals surface area contributed by atoms with Crippen LogP contribution in [0.25, 0.3) is 22.0 Å². The van der Waals surface area contributed by atoms with Crippen LogP contribution in [0.3, 0.4) is 0 Å². The van der Waals surface area contributed by atoms with Crippen molar-refractivity contribution in [2.45, 2.75) is 133 Å². The molecule has 370 valence electrons. The Bertz CT molecular complexity index is 2580. The maximum absolute atomic E-state index is 15.3. The molecule has 4 N–H and O–H groups in total. The van der Waals surface area contributed by atoms with Crippen molar-refractivity contribution >= 4 is 44.6 Å². The first-order valence-electron chi connectivity index (χ1n) is 22.7. The Morgan fingerprint density at radius 1 is 1.03 bits per heavy atom. The smallest absolute Gasteiger partial charge is 0.425 e. The molecule has 2 aromatic carbocycles. The Hall–Kier alpha value is -5.70. The first kappa shape index (κ1) is 50.2. The van der Waals surface area contributed by atoms with E-state index in [-0.39, 0.29) is 43.0 Å². The molecule has 7 rings (SSSR count). The lowest BCUT2D eigenvalue weighted by atomic mass is 9.88. The minimum absolute atomic E-state index is 0.0337. The number of methoxy groups -OCH3 is 1. The second kappa shape index (κ2) is 19.4. The quantitative estimate of drug-likeness (QED) is 0.0860. The molecule has 4 aliphatic rings. The summed E-state index contributed by atoms with van der Waals surface area (Å²) in [6, 6.07) is 8.55. The zero-order chi connectivity index (χ0) is 49.5. The fourth-order valence-electron chi connectivity index (χ4n) is 8.73. The normalized spacial score (nSPS) is 27.1. The van der Waals surface area contributed by atoms with Gasteiger partial charge in [-0.15, -0.1) is 0 Å². The number of ether oxygens (including phenoxy) is 4.